The fourth-order valence-electron chi connectivity index (χ4n) is 3.32. The second-order valence-corrected chi connectivity index (χ2v) is 7.34. The summed E-state index contributed by atoms with van der Waals surface area (Å²) in [4.78, 5) is 20.6. The highest BCUT2D eigenvalue weighted by Gasteiger charge is 2.28. The second-order valence-electron chi connectivity index (χ2n) is 7.34. The van der Waals surface area contributed by atoms with Crippen LogP contribution < -0.4 is 9.64 Å². The number of amides is 1. The summed E-state index contributed by atoms with van der Waals surface area (Å²) < 4.78 is 7.90. The minimum atomic E-state index is -0.0704. The van der Waals surface area contributed by atoms with E-state index in [1.165, 1.54) is 0 Å². The number of carbonyl (C=O) groups is 1. The largest absolute Gasteiger partial charge is 0.471 e. The zero-order valence-electron chi connectivity index (χ0n) is 16.6. The molecule has 0 radical (unpaired) electrons. The van der Waals surface area contributed by atoms with E-state index >= 15 is 0 Å². The van der Waals surface area contributed by atoms with Crippen LogP contribution in [0.4, 0.5) is 5.82 Å². The Bertz CT molecular complexity index is 938. The van der Waals surface area contributed by atoms with Gasteiger partial charge in [0.25, 0.3) is 5.91 Å². The zero-order valence-corrected chi connectivity index (χ0v) is 16.6. The molecule has 0 N–H and O–H groups in total. The number of hydrogen-bond acceptors (Lipinski definition) is 6. The number of rotatable bonds is 6. The summed E-state index contributed by atoms with van der Waals surface area (Å²) in [5.41, 5.74) is 1.82. The van der Waals surface area contributed by atoms with Gasteiger partial charge >= 0.3 is 0 Å². The maximum absolute atomic E-state index is 12.8. The lowest BCUT2D eigenvalue weighted by atomic mass is 10.1. The first-order valence-corrected chi connectivity index (χ1v) is 9.60. The summed E-state index contributed by atoms with van der Waals surface area (Å²) in [6.07, 6.45) is 6.16. The first-order chi connectivity index (χ1) is 14.1. The third-order valence-electron chi connectivity index (χ3n) is 4.93. The number of aromatic nitrogens is 4. The van der Waals surface area contributed by atoms with E-state index in [1.807, 2.05) is 71.1 Å². The lowest BCUT2D eigenvalue weighted by Gasteiger charge is -2.17. The summed E-state index contributed by atoms with van der Waals surface area (Å²) in [6, 6.07) is 11.4. The topological polar surface area (TPSA) is 76.4 Å². The maximum Gasteiger partial charge on any atom is 0.253 e. The molecule has 8 heteroatoms. The Hall–Kier alpha value is -3.42. The van der Waals surface area contributed by atoms with Crippen LogP contribution in [0.5, 0.6) is 5.88 Å². The SMILES string of the molecule is CN(C)c1ccc(OC2CCN(C(=O)c3ccc(Cn4ccnc4)cc3)C2)nn1. The average molecular weight is 392 g/mol. The molecule has 1 saturated heterocycles. The number of anilines is 1. The van der Waals surface area contributed by atoms with Gasteiger partial charge in [0.1, 0.15) is 6.10 Å². The van der Waals surface area contributed by atoms with Gasteiger partial charge in [-0.1, -0.05) is 12.1 Å². The van der Waals surface area contributed by atoms with E-state index in [9.17, 15) is 4.79 Å². The molecule has 29 heavy (non-hydrogen) atoms. The van der Waals surface area contributed by atoms with Crippen molar-refractivity contribution in [1.82, 2.24) is 24.6 Å². The minimum Gasteiger partial charge on any atom is -0.471 e. The molecule has 1 fully saturated rings. The van der Waals surface area contributed by atoms with E-state index < -0.39 is 0 Å². The highest BCUT2D eigenvalue weighted by atomic mass is 16.5. The summed E-state index contributed by atoms with van der Waals surface area (Å²) in [6.45, 7) is 1.96. The molecule has 1 amide bonds. The van der Waals surface area contributed by atoms with Gasteiger partial charge in [-0.15, -0.1) is 10.2 Å². The molecule has 0 bridgehead atoms. The van der Waals surface area contributed by atoms with Crippen molar-refractivity contribution in [3.63, 3.8) is 0 Å². The molecule has 1 aliphatic heterocycles. The van der Waals surface area contributed by atoms with E-state index in [2.05, 4.69) is 15.2 Å². The summed E-state index contributed by atoms with van der Waals surface area (Å²) in [5.74, 6) is 1.29. The van der Waals surface area contributed by atoms with Crippen LogP contribution in [0, 0.1) is 0 Å². The lowest BCUT2D eigenvalue weighted by molar-refractivity contribution is 0.0771. The van der Waals surface area contributed by atoms with Crippen molar-refractivity contribution in [2.45, 2.75) is 19.1 Å². The lowest BCUT2D eigenvalue weighted by Crippen LogP contribution is -2.31. The van der Waals surface area contributed by atoms with E-state index in [0.717, 1.165) is 24.3 Å². The Morgan fingerprint density at radius 1 is 1.17 bits per heavy atom. The Morgan fingerprint density at radius 3 is 2.66 bits per heavy atom. The first-order valence-electron chi connectivity index (χ1n) is 9.60. The predicted molar refractivity (Wildman–Crippen MR) is 109 cm³/mol. The summed E-state index contributed by atoms with van der Waals surface area (Å²) in [5, 5.41) is 8.23. The van der Waals surface area contributed by atoms with E-state index in [4.69, 9.17) is 4.74 Å². The van der Waals surface area contributed by atoms with Crippen molar-refractivity contribution in [2.75, 3.05) is 32.1 Å². The van der Waals surface area contributed by atoms with Crippen molar-refractivity contribution < 1.29 is 9.53 Å². The highest BCUT2D eigenvalue weighted by Crippen LogP contribution is 2.19. The second kappa shape index (κ2) is 8.30. The molecule has 0 saturated carbocycles. The molecule has 3 aromatic rings. The van der Waals surface area contributed by atoms with Gasteiger partial charge in [-0.05, 0) is 23.8 Å². The van der Waals surface area contributed by atoms with Gasteiger partial charge in [0.15, 0.2) is 5.82 Å². The van der Waals surface area contributed by atoms with Crippen molar-refractivity contribution in [3.8, 4) is 5.88 Å². The molecular formula is C21H24N6O2. The van der Waals surface area contributed by atoms with Crippen LogP contribution in [-0.4, -0.2) is 63.8 Å². The Kier molecular flexibility index (Phi) is 5.41. The monoisotopic (exact) mass is 392 g/mol. The molecule has 2 aromatic heterocycles. The number of imidazole rings is 1. The predicted octanol–water partition coefficient (Wildman–Crippen LogP) is 2.08. The number of nitrogens with zero attached hydrogens (tertiary/aromatic N) is 6. The van der Waals surface area contributed by atoms with Crippen LogP contribution in [0.1, 0.15) is 22.3 Å². The first kappa shape index (κ1) is 18.9. The quantitative estimate of drug-likeness (QED) is 0.639. The van der Waals surface area contributed by atoms with Crippen LogP contribution in [0.25, 0.3) is 0 Å². The molecule has 1 atom stereocenters. The van der Waals surface area contributed by atoms with Gasteiger partial charge in [0.05, 0.1) is 12.9 Å². The summed E-state index contributed by atoms with van der Waals surface area (Å²) in [7, 11) is 3.82. The molecule has 150 valence electrons. The fourth-order valence-corrected chi connectivity index (χ4v) is 3.32. The Balaban J connectivity index is 1.33. The van der Waals surface area contributed by atoms with Gasteiger partial charge in [0, 0.05) is 57.6 Å². The normalized spacial score (nSPS) is 16.1. The molecule has 1 unspecified atom stereocenters. The number of likely N-dealkylation sites (tertiary alicyclic amines) is 1. The zero-order chi connectivity index (χ0) is 20.2. The van der Waals surface area contributed by atoms with Gasteiger partial charge in [-0.2, -0.15) is 0 Å². The van der Waals surface area contributed by atoms with Crippen LogP contribution >= 0.6 is 0 Å². The molecule has 3 heterocycles. The van der Waals surface area contributed by atoms with E-state index in [-0.39, 0.29) is 12.0 Å². The van der Waals surface area contributed by atoms with Gasteiger partial charge < -0.3 is 19.1 Å². The standard InChI is InChI=1S/C21H24N6O2/c1-25(2)19-7-8-20(24-23-19)29-18-9-11-27(14-18)21(28)17-5-3-16(4-6-17)13-26-12-10-22-15-26/h3-8,10,12,15,18H,9,11,13-14H2,1-2H3. The molecule has 8 nitrogen and oxygen atoms in total. The van der Waals surface area contributed by atoms with Gasteiger partial charge in [-0.25, -0.2) is 4.98 Å². The number of carbonyl (C=O) groups excluding carboxylic acids is 1. The smallest absolute Gasteiger partial charge is 0.253 e. The van der Waals surface area contributed by atoms with Crippen molar-refractivity contribution in [2.24, 2.45) is 0 Å². The average Bonchev–Trinajstić information content (AvgIpc) is 3.41. The molecule has 1 aromatic carbocycles. The van der Waals surface area contributed by atoms with Crippen LogP contribution in [0.15, 0.2) is 55.1 Å². The maximum atomic E-state index is 12.8. The molecule has 0 aliphatic carbocycles. The van der Waals surface area contributed by atoms with Gasteiger partial charge in [0.2, 0.25) is 5.88 Å². The molecule has 4 rings (SSSR count). The third kappa shape index (κ3) is 4.53. The molecule has 0 spiro atoms. The minimum absolute atomic E-state index is 0.0271. The van der Waals surface area contributed by atoms with E-state index in [1.54, 1.807) is 12.5 Å². The Morgan fingerprint density at radius 2 is 2.00 bits per heavy atom. The van der Waals surface area contributed by atoms with Crippen molar-refractivity contribution in [3.05, 3.63) is 66.2 Å². The third-order valence-corrected chi connectivity index (χ3v) is 4.93. The summed E-state index contributed by atoms with van der Waals surface area (Å²) >= 11 is 0. The Labute approximate surface area is 169 Å². The van der Waals surface area contributed by atoms with Crippen LogP contribution in [-0.2, 0) is 6.54 Å². The molecule has 1 aliphatic rings. The van der Waals surface area contributed by atoms with Gasteiger partial charge in [-0.3, -0.25) is 4.79 Å². The highest BCUT2D eigenvalue weighted by molar-refractivity contribution is 5.94. The molecular weight excluding hydrogens is 368 g/mol. The van der Waals surface area contributed by atoms with Crippen LogP contribution in [0.2, 0.25) is 0 Å². The van der Waals surface area contributed by atoms with Crippen LogP contribution in [0.3, 0.4) is 0 Å². The van der Waals surface area contributed by atoms with E-state index in [0.29, 0.717) is 24.5 Å². The number of benzene rings is 1. The van der Waals surface area contributed by atoms with Crippen molar-refractivity contribution >= 4 is 11.7 Å². The van der Waals surface area contributed by atoms with Crippen molar-refractivity contribution in [1.29, 1.82) is 0 Å². The fraction of sp³-hybridized carbons (Fsp3) is 0.333. The number of ether oxygens (including phenoxy) is 1. The number of hydrogen-bond donors (Lipinski definition) is 0.